The number of nitrogens with two attached hydrogens (primary N) is 1. The van der Waals surface area contributed by atoms with Gasteiger partial charge >= 0.3 is 0 Å². The van der Waals surface area contributed by atoms with Gasteiger partial charge in [0.15, 0.2) is 0 Å². The summed E-state index contributed by atoms with van der Waals surface area (Å²) in [6.07, 6.45) is 2.45. The van der Waals surface area contributed by atoms with Crippen LogP contribution in [0.4, 0.5) is 5.69 Å². The molecule has 1 aliphatic rings. The normalized spacial score (nSPS) is 16.9. The highest BCUT2D eigenvalue weighted by atomic mass is 35.5. The van der Waals surface area contributed by atoms with Crippen LogP contribution >= 0.6 is 23.8 Å². The number of nitrogens with zero attached hydrogens (tertiary/aromatic N) is 1. The molecule has 4 heteroatoms. The Morgan fingerprint density at radius 1 is 1.37 bits per heavy atom. The lowest BCUT2D eigenvalue weighted by Crippen LogP contribution is -2.36. The Balaban J connectivity index is 2.19. The van der Waals surface area contributed by atoms with Gasteiger partial charge in [-0.25, -0.2) is 0 Å². The first-order valence-corrected chi connectivity index (χ1v) is 7.62. The fourth-order valence-electron chi connectivity index (χ4n) is 2.78. The van der Waals surface area contributed by atoms with Crippen molar-refractivity contribution in [1.29, 1.82) is 0 Å². The summed E-state index contributed by atoms with van der Waals surface area (Å²) in [5.41, 5.74) is 7.83. The van der Waals surface area contributed by atoms with Gasteiger partial charge in [0.25, 0.3) is 0 Å². The maximum atomic E-state index is 6.11. The zero-order valence-corrected chi connectivity index (χ0v) is 13.1. The van der Waals surface area contributed by atoms with Gasteiger partial charge < -0.3 is 10.6 Å². The van der Waals surface area contributed by atoms with Crippen LogP contribution in [0.2, 0.25) is 5.02 Å². The number of hydrogen-bond donors (Lipinski definition) is 1. The van der Waals surface area contributed by atoms with Crippen LogP contribution in [-0.4, -0.2) is 18.1 Å². The molecule has 1 aromatic rings. The second-order valence-corrected chi connectivity index (χ2v) is 6.47. The van der Waals surface area contributed by atoms with Gasteiger partial charge in [-0.1, -0.05) is 37.7 Å². The average Bonchev–Trinajstić information content (AvgIpc) is 2.38. The summed E-state index contributed by atoms with van der Waals surface area (Å²) < 4.78 is 0. The Morgan fingerprint density at radius 3 is 2.53 bits per heavy atom. The van der Waals surface area contributed by atoms with Crippen molar-refractivity contribution >= 4 is 34.5 Å². The summed E-state index contributed by atoms with van der Waals surface area (Å²) in [5.74, 6) is 1.58. The summed E-state index contributed by atoms with van der Waals surface area (Å²) in [7, 11) is 0. The number of rotatable bonds is 3. The largest absolute Gasteiger partial charge is 0.389 e. The maximum Gasteiger partial charge on any atom is 0.106 e. The summed E-state index contributed by atoms with van der Waals surface area (Å²) in [4.78, 5) is 2.80. The van der Waals surface area contributed by atoms with E-state index < -0.39 is 0 Å². The lowest BCUT2D eigenvalue weighted by molar-refractivity contribution is 0.311. The minimum absolute atomic E-state index is 0.442. The third-order valence-corrected chi connectivity index (χ3v) is 4.50. The van der Waals surface area contributed by atoms with Crippen molar-refractivity contribution in [2.75, 3.05) is 18.0 Å². The van der Waals surface area contributed by atoms with Crippen molar-refractivity contribution in [3.05, 3.63) is 28.8 Å². The number of benzene rings is 1. The van der Waals surface area contributed by atoms with Crippen molar-refractivity contribution in [1.82, 2.24) is 0 Å². The molecule has 0 atom stereocenters. The molecule has 1 aliphatic heterocycles. The van der Waals surface area contributed by atoms with Crippen molar-refractivity contribution in [2.24, 2.45) is 17.6 Å². The van der Waals surface area contributed by atoms with E-state index in [2.05, 4.69) is 18.7 Å². The summed E-state index contributed by atoms with van der Waals surface area (Å²) in [6.45, 7) is 6.72. The second kappa shape index (κ2) is 6.10. The Morgan fingerprint density at radius 2 is 2.00 bits per heavy atom. The number of thiocarbonyl (C=S) groups is 1. The van der Waals surface area contributed by atoms with Gasteiger partial charge in [-0.2, -0.15) is 0 Å². The van der Waals surface area contributed by atoms with E-state index >= 15 is 0 Å². The Hall–Kier alpha value is -0.800. The van der Waals surface area contributed by atoms with E-state index in [0.717, 1.165) is 41.2 Å². The molecule has 1 heterocycles. The molecular weight excluding hydrogens is 276 g/mol. The highest BCUT2D eigenvalue weighted by molar-refractivity contribution is 7.80. The van der Waals surface area contributed by atoms with Crippen LogP contribution in [0.5, 0.6) is 0 Å². The SMILES string of the molecule is CC(C)C1CCN(c2cc(Cl)ccc2C(N)=S)CC1. The molecule has 2 N–H and O–H groups in total. The number of hydrogen-bond acceptors (Lipinski definition) is 2. The minimum Gasteiger partial charge on any atom is -0.389 e. The van der Waals surface area contributed by atoms with E-state index in [4.69, 9.17) is 29.6 Å². The highest BCUT2D eigenvalue weighted by Gasteiger charge is 2.23. The van der Waals surface area contributed by atoms with Gasteiger partial charge in [0, 0.05) is 29.4 Å². The molecule has 1 aromatic carbocycles. The van der Waals surface area contributed by atoms with Crippen LogP contribution in [0, 0.1) is 11.8 Å². The van der Waals surface area contributed by atoms with Crippen LogP contribution in [-0.2, 0) is 0 Å². The topological polar surface area (TPSA) is 29.3 Å². The van der Waals surface area contributed by atoms with Crippen LogP contribution in [0.3, 0.4) is 0 Å². The van der Waals surface area contributed by atoms with Gasteiger partial charge in [-0.3, -0.25) is 0 Å². The molecule has 2 nitrogen and oxygen atoms in total. The molecule has 0 spiro atoms. The van der Waals surface area contributed by atoms with Crippen molar-refractivity contribution in [2.45, 2.75) is 26.7 Å². The minimum atomic E-state index is 0.442. The summed E-state index contributed by atoms with van der Waals surface area (Å²) in [5, 5.41) is 0.737. The maximum absolute atomic E-state index is 6.11. The Labute approximate surface area is 125 Å². The van der Waals surface area contributed by atoms with Crippen LogP contribution in [0.15, 0.2) is 18.2 Å². The molecule has 0 unspecified atom stereocenters. The monoisotopic (exact) mass is 296 g/mol. The van der Waals surface area contributed by atoms with Crippen LogP contribution in [0.1, 0.15) is 32.3 Å². The zero-order chi connectivity index (χ0) is 14.0. The molecule has 0 radical (unpaired) electrons. The smallest absolute Gasteiger partial charge is 0.106 e. The quantitative estimate of drug-likeness (QED) is 0.859. The predicted octanol–water partition coefficient (Wildman–Crippen LogP) is 3.85. The first kappa shape index (κ1) is 14.6. The Bertz CT molecular complexity index is 465. The standard InChI is InChI=1S/C15H21ClN2S/c1-10(2)11-5-7-18(8-6-11)14-9-12(16)3-4-13(14)15(17)19/h3-4,9-11H,5-8H2,1-2H3,(H2,17,19). The third-order valence-electron chi connectivity index (χ3n) is 4.05. The van der Waals surface area contributed by atoms with E-state index in [1.54, 1.807) is 0 Å². The van der Waals surface area contributed by atoms with E-state index in [9.17, 15) is 0 Å². The molecule has 2 rings (SSSR count). The van der Waals surface area contributed by atoms with E-state index in [-0.39, 0.29) is 0 Å². The summed E-state index contributed by atoms with van der Waals surface area (Å²) >= 11 is 11.2. The fourth-order valence-corrected chi connectivity index (χ4v) is 3.12. The molecule has 0 saturated carbocycles. The van der Waals surface area contributed by atoms with Gasteiger partial charge in [0.2, 0.25) is 0 Å². The van der Waals surface area contributed by atoms with Crippen LogP contribution in [0.25, 0.3) is 0 Å². The number of anilines is 1. The number of piperidine rings is 1. The van der Waals surface area contributed by atoms with Gasteiger partial charge in [-0.15, -0.1) is 0 Å². The molecule has 1 saturated heterocycles. The lowest BCUT2D eigenvalue weighted by atomic mass is 9.86. The third kappa shape index (κ3) is 3.40. The molecule has 19 heavy (non-hydrogen) atoms. The first-order valence-electron chi connectivity index (χ1n) is 6.83. The summed E-state index contributed by atoms with van der Waals surface area (Å²) in [6, 6.07) is 5.75. The number of halogens is 1. The average molecular weight is 297 g/mol. The molecule has 0 aliphatic carbocycles. The van der Waals surface area contributed by atoms with Crippen molar-refractivity contribution < 1.29 is 0 Å². The van der Waals surface area contributed by atoms with Gasteiger partial charge in [0.1, 0.15) is 4.99 Å². The van der Waals surface area contributed by atoms with Crippen molar-refractivity contribution in [3.8, 4) is 0 Å². The van der Waals surface area contributed by atoms with Crippen molar-refractivity contribution in [3.63, 3.8) is 0 Å². The molecule has 104 valence electrons. The van der Waals surface area contributed by atoms with Crippen LogP contribution < -0.4 is 10.6 Å². The molecular formula is C15H21ClN2S. The first-order chi connectivity index (χ1) is 8.99. The molecule has 0 aromatic heterocycles. The predicted molar refractivity (Wildman–Crippen MR) is 87.1 cm³/mol. The molecule has 1 fully saturated rings. The molecule has 0 bridgehead atoms. The second-order valence-electron chi connectivity index (χ2n) is 5.59. The van der Waals surface area contributed by atoms with E-state index in [0.29, 0.717) is 4.99 Å². The fraction of sp³-hybridized carbons (Fsp3) is 0.533. The Kier molecular flexibility index (Phi) is 4.69. The zero-order valence-electron chi connectivity index (χ0n) is 11.5. The highest BCUT2D eigenvalue weighted by Crippen LogP contribution is 2.31. The van der Waals surface area contributed by atoms with Gasteiger partial charge in [-0.05, 0) is 42.9 Å². The van der Waals surface area contributed by atoms with Gasteiger partial charge in [0.05, 0.1) is 0 Å². The van der Waals surface area contributed by atoms with E-state index in [1.165, 1.54) is 12.8 Å². The molecule has 0 amide bonds. The lowest BCUT2D eigenvalue weighted by Gasteiger charge is -2.36. The van der Waals surface area contributed by atoms with E-state index in [1.807, 2.05) is 18.2 Å².